The van der Waals surface area contributed by atoms with Crippen molar-refractivity contribution in [2.45, 2.75) is 25.7 Å². The van der Waals surface area contributed by atoms with Gasteiger partial charge >= 0.3 is 5.97 Å². The van der Waals surface area contributed by atoms with Gasteiger partial charge in [-0.15, -0.1) is 0 Å². The number of esters is 1. The predicted octanol–water partition coefficient (Wildman–Crippen LogP) is 3.03. The van der Waals surface area contributed by atoms with Crippen molar-refractivity contribution < 1.29 is 14.3 Å². The van der Waals surface area contributed by atoms with E-state index in [1.807, 2.05) is 6.07 Å². The fraction of sp³-hybridized carbons (Fsp3) is 0.429. The number of rotatable bonds is 6. The molecule has 0 bridgehead atoms. The number of nitrogens with zero attached hydrogens (tertiary/aromatic N) is 1. The molecule has 0 amide bonds. The first-order valence-electron chi connectivity index (χ1n) is 6.64. The summed E-state index contributed by atoms with van der Waals surface area (Å²) in [5.74, 6) is -0.380. The summed E-state index contributed by atoms with van der Waals surface area (Å²) < 4.78 is 10.4. The van der Waals surface area contributed by atoms with Gasteiger partial charge in [0.15, 0.2) is 6.79 Å². The lowest BCUT2D eigenvalue weighted by Gasteiger charge is -2.15. The summed E-state index contributed by atoms with van der Waals surface area (Å²) in [7, 11) is -1.10. The molecule has 2 rings (SSSR count). The number of hydrogen-bond donors (Lipinski definition) is 1. The van der Waals surface area contributed by atoms with E-state index in [4.69, 9.17) is 9.47 Å². The number of nitrogens with one attached hydrogen (secondary N) is 1. The summed E-state index contributed by atoms with van der Waals surface area (Å²) in [6.07, 6.45) is 1.71. The minimum Gasteiger partial charge on any atom is -0.435 e. The number of aromatic nitrogens is 2. The van der Waals surface area contributed by atoms with Gasteiger partial charge in [-0.25, -0.2) is 4.79 Å². The molecular weight excluding hydrogens is 272 g/mol. The molecule has 0 aliphatic rings. The molecule has 1 heterocycles. The lowest BCUT2D eigenvalue weighted by Crippen LogP contribution is -2.22. The maximum absolute atomic E-state index is 11.8. The molecule has 108 valence electrons. The first kappa shape index (κ1) is 14.7. The third-order valence-corrected chi connectivity index (χ3v) is 4.65. The van der Waals surface area contributed by atoms with Crippen LogP contribution in [-0.2, 0) is 9.47 Å². The van der Waals surface area contributed by atoms with Crippen molar-refractivity contribution in [1.29, 1.82) is 0 Å². The monoisotopic (exact) mass is 292 g/mol. The van der Waals surface area contributed by atoms with Crippen LogP contribution in [0, 0.1) is 0 Å². The van der Waals surface area contributed by atoms with Crippen molar-refractivity contribution in [3.05, 3.63) is 30.0 Å². The molecule has 1 N–H and O–H groups in total. The third-order valence-electron chi connectivity index (χ3n) is 2.95. The summed E-state index contributed by atoms with van der Waals surface area (Å²) >= 11 is 0. The van der Waals surface area contributed by atoms with Crippen LogP contribution in [0.3, 0.4) is 0 Å². The Balaban J connectivity index is 1.80. The molecule has 20 heavy (non-hydrogen) atoms. The summed E-state index contributed by atoms with van der Waals surface area (Å²) in [4.78, 5) is 11.8. The van der Waals surface area contributed by atoms with Crippen LogP contribution in [0.5, 0.6) is 0 Å². The van der Waals surface area contributed by atoms with E-state index < -0.39 is 8.07 Å². The number of hydrogen-bond acceptors (Lipinski definition) is 4. The molecule has 0 aliphatic heterocycles. The Morgan fingerprint density at radius 3 is 2.90 bits per heavy atom. The SMILES string of the molecule is C[Si](C)(C)CCOCOC(=O)c1ccc2cn[nH]c2c1. The third kappa shape index (κ3) is 4.18. The van der Waals surface area contributed by atoms with Crippen molar-refractivity contribution in [3.8, 4) is 0 Å². The molecule has 2 aromatic rings. The highest BCUT2D eigenvalue weighted by atomic mass is 28.3. The number of ether oxygens (including phenoxy) is 2. The van der Waals surface area contributed by atoms with Gasteiger partial charge in [0, 0.05) is 20.1 Å². The zero-order chi connectivity index (χ0) is 14.6. The van der Waals surface area contributed by atoms with Gasteiger partial charge in [-0.3, -0.25) is 5.10 Å². The van der Waals surface area contributed by atoms with E-state index in [2.05, 4.69) is 29.8 Å². The van der Waals surface area contributed by atoms with Gasteiger partial charge in [0.05, 0.1) is 17.3 Å². The highest BCUT2D eigenvalue weighted by Crippen LogP contribution is 2.13. The number of aromatic amines is 1. The molecule has 5 nitrogen and oxygen atoms in total. The average molecular weight is 292 g/mol. The topological polar surface area (TPSA) is 64.2 Å². The lowest BCUT2D eigenvalue weighted by atomic mass is 10.2. The normalized spacial score (nSPS) is 11.8. The number of H-pyrrole nitrogens is 1. The number of carbonyl (C=O) groups is 1. The molecular formula is C14H20N2O3Si. The van der Waals surface area contributed by atoms with Crippen molar-refractivity contribution >= 4 is 24.9 Å². The van der Waals surface area contributed by atoms with Gasteiger partial charge in [-0.05, 0) is 18.2 Å². The molecule has 0 unspecified atom stereocenters. The highest BCUT2D eigenvalue weighted by Gasteiger charge is 2.13. The highest BCUT2D eigenvalue weighted by molar-refractivity contribution is 6.76. The Bertz CT molecular complexity index is 589. The summed E-state index contributed by atoms with van der Waals surface area (Å²) in [6, 6.07) is 6.35. The lowest BCUT2D eigenvalue weighted by molar-refractivity contribution is -0.0276. The van der Waals surface area contributed by atoms with Crippen molar-refractivity contribution in [2.75, 3.05) is 13.4 Å². The summed E-state index contributed by atoms with van der Waals surface area (Å²) in [5.41, 5.74) is 1.31. The van der Waals surface area contributed by atoms with E-state index in [1.54, 1.807) is 18.3 Å². The van der Waals surface area contributed by atoms with Gasteiger partial charge in [0.1, 0.15) is 0 Å². The van der Waals surface area contributed by atoms with Gasteiger partial charge in [-0.1, -0.05) is 25.7 Å². The average Bonchev–Trinajstić information content (AvgIpc) is 2.83. The Morgan fingerprint density at radius 2 is 2.15 bits per heavy atom. The Kier molecular flexibility index (Phi) is 4.56. The van der Waals surface area contributed by atoms with Gasteiger partial charge < -0.3 is 9.47 Å². The van der Waals surface area contributed by atoms with E-state index in [1.165, 1.54) is 0 Å². The van der Waals surface area contributed by atoms with Crippen LogP contribution >= 0.6 is 0 Å². The molecule has 1 aromatic carbocycles. The van der Waals surface area contributed by atoms with Crippen molar-refractivity contribution in [3.63, 3.8) is 0 Å². The van der Waals surface area contributed by atoms with E-state index in [0.717, 1.165) is 16.9 Å². The number of fused-ring (bicyclic) bond motifs is 1. The fourth-order valence-corrected chi connectivity index (χ4v) is 2.44. The maximum atomic E-state index is 11.8. The predicted molar refractivity (Wildman–Crippen MR) is 80.5 cm³/mol. The van der Waals surface area contributed by atoms with Crippen LogP contribution in [0.1, 0.15) is 10.4 Å². The van der Waals surface area contributed by atoms with Gasteiger partial charge in [0.2, 0.25) is 0 Å². The van der Waals surface area contributed by atoms with Crippen molar-refractivity contribution in [1.82, 2.24) is 10.2 Å². The van der Waals surface area contributed by atoms with Crippen LogP contribution in [-0.4, -0.2) is 37.6 Å². The maximum Gasteiger partial charge on any atom is 0.340 e. The smallest absolute Gasteiger partial charge is 0.340 e. The molecule has 0 spiro atoms. The molecule has 0 aliphatic carbocycles. The minimum atomic E-state index is -1.10. The van der Waals surface area contributed by atoms with Gasteiger partial charge in [-0.2, -0.15) is 5.10 Å². The van der Waals surface area contributed by atoms with E-state index in [0.29, 0.717) is 12.2 Å². The van der Waals surface area contributed by atoms with Crippen LogP contribution in [0.15, 0.2) is 24.4 Å². The molecule has 1 aromatic heterocycles. The summed E-state index contributed by atoms with van der Waals surface area (Å²) in [6.45, 7) is 7.48. The molecule has 0 saturated carbocycles. The minimum absolute atomic E-state index is 0.00429. The Morgan fingerprint density at radius 1 is 1.35 bits per heavy atom. The largest absolute Gasteiger partial charge is 0.435 e. The molecule has 0 atom stereocenters. The van der Waals surface area contributed by atoms with E-state index >= 15 is 0 Å². The van der Waals surface area contributed by atoms with Crippen LogP contribution < -0.4 is 0 Å². The fourth-order valence-electron chi connectivity index (χ4n) is 1.68. The summed E-state index contributed by atoms with van der Waals surface area (Å²) in [5, 5.41) is 7.70. The Hall–Kier alpha value is -1.66. The second kappa shape index (κ2) is 6.19. The second-order valence-electron chi connectivity index (χ2n) is 5.94. The standard InChI is InChI=1S/C14H20N2O3Si/c1-20(2,3)7-6-18-10-19-14(17)11-4-5-12-9-15-16-13(12)8-11/h4-5,8-9H,6-7,10H2,1-3H3,(H,15,16). The van der Waals surface area contributed by atoms with Crippen LogP contribution in [0.4, 0.5) is 0 Å². The number of carbonyl (C=O) groups excluding carboxylic acids is 1. The molecule has 6 heteroatoms. The first-order valence-corrected chi connectivity index (χ1v) is 10.3. The van der Waals surface area contributed by atoms with E-state index in [-0.39, 0.29) is 12.8 Å². The Labute approximate surface area is 119 Å². The number of benzene rings is 1. The van der Waals surface area contributed by atoms with Crippen LogP contribution in [0.2, 0.25) is 25.7 Å². The first-order chi connectivity index (χ1) is 9.46. The quantitative estimate of drug-likeness (QED) is 0.385. The molecule has 0 radical (unpaired) electrons. The van der Waals surface area contributed by atoms with Crippen LogP contribution in [0.25, 0.3) is 10.9 Å². The zero-order valence-electron chi connectivity index (χ0n) is 12.1. The second-order valence-corrected chi connectivity index (χ2v) is 11.6. The van der Waals surface area contributed by atoms with Crippen molar-refractivity contribution in [2.24, 2.45) is 0 Å². The van der Waals surface area contributed by atoms with Gasteiger partial charge in [0.25, 0.3) is 0 Å². The molecule has 0 fully saturated rings. The zero-order valence-corrected chi connectivity index (χ0v) is 13.1. The van der Waals surface area contributed by atoms with E-state index in [9.17, 15) is 4.79 Å². The molecule has 0 saturated heterocycles.